The standard InChI is InChI=1S/C14H16ClN3O2S/c1-14(2,6-10(16)19)18-13(20)12-11(17)8-4-3-7(15)5-9(8)21-12/h3-5H,6,17H2,1-2H3,(H2,16,19)(H,18,20). The summed E-state index contributed by atoms with van der Waals surface area (Å²) in [5.74, 6) is -0.799. The van der Waals surface area contributed by atoms with Crippen LogP contribution in [0.5, 0.6) is 0 Å². The molecule has 5 N–H and O–H groups in total. The van der Waals surface area contributed by atoms with Gasteiger partial charge in [0.15, 0.2) is 0 Å². The van der Waals surface area contributed by atoms with Crippen molar-refractivity contribution in [1.82, 2.24) is 5.32 Å². The Balaban J connectivity index is 2.31. The highest BCUT2D eigenvalue weighted by atomic mass is 35.5. The first-order chi connectivity index (χ1) is 9.69. The molecular weight excluding hydrogens is 310 g/mol. The van der Waals surface area contributed by atoms with Crippen LogP contribution in [0.3, 0.4) is 0 Å². The molecule has 21 heavy (non-hydrogen) atoms. The summed E-state index contributed by atoms with van der Waals surface area (Å²) in [6.07, 6.45) is 0.0510. The molecule has 0 unspecified atom stereocenters. The van der Waals surface area contributed by atoms with Crippen molar-refractivity contribution < 1.29 is 9.59 Å². The van der Waals surface area contributed by atoms with E-state index in [1.165, 1.54) is 11.3 Å². The third-order valence-electron chi connectivity index (χ3n) is 2.96. The van der Waals surface area contributed by atoms with Gasteiger partial charge < -0.3 is 16.8 Å². The molecule has 0 atom stereocenters. The maximum absolute atomic E-state index is 12.4. The zero-order valence-corrected chi connectivity index (χ0v) is 13.3. The molecule has 0 aliphatic carbocycles. The molecule has 112 valence electrons. The smallest absolute Gasteiger partial charge is 0.263 e. The van der Waals surface area contributed by atoms with E-state index in [0.29, 0.717) is 15.6 Å². The Morgan fingerprint density at radius 3 is 2.67 bits per heavy atom. The molecule has 0 bridgehead atoms. The van der Waals surface area contributed by atoms with Crippen LogP contribution in [-0.4, -0.2) is 17.4 Å². The molecule has 0 saturated heterocycles. The van der Waals surface area contributed by atoms with Crippen molar-refractivity contribution in [2.45, 2.75) is 25.8 Å². The number of carbonyl (C=O) groups is 2. The number of nitrogens with one attached hydrogen (secondary N) is 1. The second-order valence-electron chi connectivity index (χ2n) is 5.47. The minimum atomic E-state index is -0.733. The number of nitrogen functional groups attached to an aromatic ring is 1. The summed E-state index contributed by atoms with van der Waals surface area (Å²) in [5.41, 5.74) is 10.9. The summed E-state index contributed by atoms with van der Waals surface area (Å²) in [6, 6.07) is 5.28. The average molecular weight is 326 g/mol. The van der Waals surface area contributed by atoms with Crippen LogP contribution in [0.1, 0.15) is 29.9 Å². The van der Waals surface area contributed by atoms with Crippen LogP contribution in [0.2, 0.25) is 5.02 Å². The lowest BCUT2D eigenvalue weighted by Gasteiger charge is -2.24. The Hall–Kier alpha value is -1.79. The van der Waals surface area contributed by atoms with E-state index in [1.54, 1.807) is 32.0 Å². The van der Waals surface area contributed by atoms with E-state index < -0.39 is 11.4 Å². The molecule has 0 radical (unpaired) electrons. The molecule has 2 aromatic rings. The highest BCUT2D eigenvalue weighted by Gasteiger charge is 2.26. The first-order valence-electron chi connectivity index (χ1n) is 6.28. The number of hydrogen-bond donors (Lipinski definition) is 3. The SMILES string of the molecule is CC(C)(CC(N)=O)NC(=O)c1sc2cc(Cl)ccc2c1N. The minimum Gasteiger partial charge on any atom is -0.397 e. The number of halogens is 1. The molecular formula is C14H16ClN3O2S. The molecule has 0 fully saturated rings. The van der Waals surface area contributed by atoms with Crippen LogP contribution in [0.25, 0.3) is 10.1 Å². The van der Waals surface area contributed by atoms with Crippen LogP contribution in [-0.2, 0) is 4.79 Å². The van der Waals surface area contributed by atoms with Crippen molar-refractivity contribution in [1.29, 1.82) is 0 Å². The number of rotatable bonds is 4. The van der Waals surface area contributed by atoms with Gasteiger partial charge in [-0.3, -0.25) is 9.59 Å². The second kappa shape index (κ2) is 5.54. The van der Waals surface area contributed by atoms with Crippen LogP contribution < -0.4 is 16.8 Å². The van der Waals surface area contributed by atoms with Crippen molar-refractivity contribution in [2.24, 2.45) is 5.73 Å². The molecule has 7 heteroatoms. The van der Waals surface area contributed by atoms with Crippen LogP contribution >= 0.6 is 22.9 Å². The van der Waals surface area contributed by atoms with Gasteiger partial charge in [0.2, 0.25) is 5.91 Å². The molecule has 1 heterocycles. The van der Waals surface area contributed by atoms with Gasteiger partial charge in [0.05, 0.1) is 5.69 Å². The molecule has 2 rings (SSSR count). The predicted octanol–water partition coefficient (Wildman–Crippen LogP) is 2.52. The van der Waals surface area contributed by atoms with Crippen molar-refractivity contribution >= 4 is 50.5 Å². The first-order valence-corrected chi connectivity index (χ1v) is 7.47. The van der Waals surface area contributed by atoms with Crippen molar-refractivity contribution in [3.8, 4) is 0 Å². The number of hydrogen-bond acceptors (Lipinski definition) is 4. The molecule has 0 aliphatic rings. The van der Waals surface area contributed by atoms with E-state index in [-0.39, 0.29) is 12.3 Å². The predicted molar refractivity (Wildman–Crippen MR) is 86.6 cm³/mol. The molecule has 0 saturated carbocycles. The van der Waals surface area contributed by atoms with Crippen molar-refractivity contribution in [3.05, 3.63) is 28.1 Å². The van der Waals surface area contributed by atoms with Gasteiger partial charge in [0.1, 0.15) is 4.88 Å². The Kier molecular flexibility index (Phi) is 4.11. The second-order valence-corrected chi connectivity index (χ2v) is 6.96. The molecule has 1 aromatic carbocycles. The Labute approximate surface area is 131 Å². The van der Waals surface area contributed by atoms with Gasteiger partial charge in [-0.2, -0.15) is 0 Å². The highest BCUT2D eigenvalue weighted by Crippen LogP contribution is 2.35. The van der Waals surface area contributed by atoms with Gasteiger partial charge in [-0.1, -0.05) is 11.6 Å². The molecule has 2 amide bonds. The quantitative estimate of drug-likeness (QED) is 0.805. The number of benzene rings is 1. The Morgan fingerprint density at radius 2 is 2.05 bits per heavy atom. The third kappa shape index (κ3) is 3.46. The van der Waals surface area contributed by atoms with Crippen LogP contribution in [0.4, 0.5) is 5.69 Å². The lowest BCUT2D eigenvalue weighted by molar-refractivity contribution is -0.119. The maximum Gasteiger partial charge on any atom is 0.263 e. The molecule has 0 spiro atoms. The number of carbonyl (C=O) groups excluding carboxylic acids is 2. The van der Waals surface area contributed by atoms with E-state index in [2.05, 4.69) is 5.32 Å². The highest BCUT2D eigenvalue weighted by molar-refractivity contribution is 7.21. The topological polar surface area (TPSA) is 98.2 Å². The Bertz CT molecular complexity index is 724. The van der Waals surface area contributed by atoms with Crippen LogP contribution in [0, 0.1) is 0 Å². The largest absolute Gasteiger partial charge is 0.397 e. The number of nitrogens with two attached hydrogens (primary N) is 2. The molecule has 0 aliphatic heterocycles. The van der Waals surface area contributed by atoms with Gasteiger partial charge in [-0.05, 0) is 32.0 Å². The fourth-order valence-corrected chi connectivity index (χ4v) is 3.40. The third-order valence-corrected chi connectivity index (χ3v) is 4.37. The maximum atomic E-state index is 12.4. The average Bonchev–Trinajstić information content (AvgIpc) is 2.63. The van der Waals surface area contributed by atoms with Gasteiger partial charge in [-0.25, -0.2) is 0 Å². The lowest BCUT2D eigenvalue weighted by Crippen LogP contribution is -2.45. The van der Waals surface area contributed by atoms with Crippen molar-refractivity contribution in [3.63, 3.8) is 0 Å². The summed E-state index contributed by atoms with van der Waals surface area (Å²) < 4.78 is 0.845. The van der Waals surface area contributed by atoms with E-state index in [9.17, 15) is 9.59 Å². The number of amides is 2. The monoisotopic (exact) mass is 325 g/mol. The summed E-state index contributed by atoms with van der Waals surface area (Å²) >= 11 is 7.21. The summed E-state index contributed by atoms with van der Waals surface area (Å²) in [6.45, 7) is 3.46. The van der Waals surface area contributed by atoms with E-state index >= 15 is 0 Å². The zero-order chi connectivity index (χ0) is 15.8. The summed E-state index contributed by atoms with van der Waals surface area (Å²) in [5, 5.41) is 4.16. The summed E-state index contributed by atoms with van der Waals surface area (Å²) in [4.78, 5) is 23.8. The van der Waals surface area contributed by atoms with E-state index in [0.717, 1.165) is 10.1 Å². The minimum absolute atomic E-state index is 0.0510. The number of thiophene rings is 1. The molecule has 5 nitrogen and oxygen atoms in total. The zero-order valence-electron chi connectivity index (χ0n) is 11.7. The van der Waals surface area contributed by atoms with E-state index in [4.69, 9.17) is 23.1 Å². The normalized spacial score (nSPS) is 11.6. The van der Waals surface area contributed by atoms with Crippen molar-refractivity contribution in [2.75, 3.05) is 5.73 Å². The first kappa shape index (κ1) is 15.6. The summed E-state index contributed by atoms with van der Waals surface area (Å²) in [7, 11) is 0. The lowest BCUT2D eigenvalue weighted by atomic mass is 10.00. The number of primary amides is 1. The van der Waals surface area contributed by atoms with Gasteiger partial charge >= 0.3 is 0 Å². The van der Waals surface area contributed by atoms with Gasteiger partial charge in [0, 0.05) is 27.1 Å². The fourth-order valence-electron chi connectivity index (χ4n) is 2.10. The van der Waals surface area contributed by atoms with Gasteiger partial charge in [-0.15, -0.1) is 11.3 Å². The molecule has 1 aromatic heterocycles. The fraction of sp³-hybridized carbons (Fsp3) is 0.286. The number of anilines is 1. The number of fused-ring (bicyclic) bond motifs is 1. The Morgan fingerprint density at radius 1 is 1.38 bits per heavy atom. The van der Waals surface area contributed by atoms with Gasteiger partial charge in [0.25, 0.3) is 5.91 Å². The van der Waals surface area contributed by atoms with E-state index in [1.807, 2.05) is 0 Å². The van der Waals surface area contributed by atoms with Crippen LogP contribution in [0.15, 0.2) is 18.2 Å².